The van der Waals surface area contributed by atoms with Crippen LogP contribution < -0.4 is 11.1 Å². The van der Waals surface area contributed by atoms with Gasteiger partial charge in [0, 0.05) is 0 Å². The van der Waals surface area contributed by atoms with Crippen LogP contribution in [0.25, 0.3) is 10.8 Å². The molecule has 0 aliphatic rings. The Morgan fingerprint density at radius 3 is 2.55 bits per heavy atom. The van der Waals surface area contributed by atoms with Crippen molar-refractivity contribution in [1.29, 1.82) is 0 Å². The fraction of sp³-hybridized carbons (Fsp3) is 0.294. The standard InChI is InChI=1S/C17H21N3O2/c1-12(19-17(22)11-20(2)10-16(18)21)14-9-5-7-13-6-3-4-8-15(13)14/h3-9,12H,10-11H2,1-2H3,(H2,18,21)(H,19,22)/t12-/m1/s1. The van der Waals surface area contributed by atoms with Crippen molar-refractivity contribution in [2.45, 2.75) is 13.0 Å². The van der Waals surface area contributed by atoms with Gasteiger partial charge in [0.05, 0.1) is 19.1 Å². The van der Waals surface area contributed by atoms with Crippen LogP contribution in [0.1, 0.15) is 18.5 Å². The van der Waals surface area contributed by atoms with Gasteiger partial charge >= 0.3 is 0 Å². The molecule has 0 bridgehead atoms. The Balaban J connectivity index is 2.06. The summed E-state index contributed by atoms with van der Waals surface area (Å²) in [6.45, 7) is 2.15. The highest BCUT2D eigenvalue weighted by Gasteiger charge is 2.14. The number of fused-ring (bicyclic) bond motifs is 1. The second-order valence-corrected chi connectivity index (χ2v) is 5.50. The second kappa shape index (κ2) is 7.04. The average Bonchev–Trinajstić information content (AvgIpc) is 2.45. The number of carbonyl (C=O) groups is 2. The Morgan fingerprint density at radius 1 is 1.14 bits per heavy atom. The first-order valence-electron chi connectivity index (χ1n) is 7.21. The summed E-state index contributed by atoms with van der Waals surface area (Å²) in [4.78, 5) is 24.5. The van der Waals surface area contributed by atoms with Crippen molar-refractivity contribution in [3.63, 3.8) is 0 Å². The minimum atomic E-state index is -0.447. The van der Waals surface area contributed by atoms with E-state index in [9.17, 15) is 9.59 Å². The Morgan fingerprint density at radius 2 is 1.82 bits per heavy atom. The van der Waals surface area contributed by atoms with Gasteiger partial charge in [0.1, 0.15) is 0 Å². The van der Waals surface area contributed by atoms with Gasteiger partial charge < -0.3 is 11.1 Å². The first-order chi connectivity index (χ1) is 10.5. The van der Waals surface area contributed by atoms with Gasteiger partial charge in [0.25, 0.3) is 0 Å². The van der Waals surface area contributed by atoms with Crippen molar-refractivity contribution in [3.05, 3.63) is 48.0 Å². The third-order valence-corrected chi connectivity index (χ3v) is 3.51. The molecule has 0 radical (unpaired) electrons. The third kappa shape index (κ3) is 4.05. The molecule has 0 saturated carbocycles. The first-order valence-corrected chi connectivity index (χ1v) is 7.21. The predicted molar refractivity (Wildman–Crippen MR) is 87.2 cm³/mol. The lowest BCUT2D eigenvalue weighted by molar-refractivity contribution is -0.123. The van der Waals surface area contributed by atoms with Crippen LogP contribution in [0.5, 0.6) is 0 Å². The van der Waals surface area contributed by atoms with Gasteiger partial charge in [-0.2, -0.15) is 0 Å². The number of nitrogens with two attached hydrogens (primary N) is 1. The van der Waals surface area contributed by atoms with Gasteiger partial charge in [-0.25, -0.2) is 0 Å². The number of nitrogens with zero attached hydrogens (tertiary/aromatic N) is 1. The number of rotatable bonds is 6. The predicted octanol–water partition coefficient (Wildman–Crippen LogP) is 1.43. The van der Waals surface area contributed by atoms with Crippen LogP contribution in [0.15, 0.2) is 42.5 Å². The molecule has 0 unspecified atom stereocenters. The van der Waals surface area contributed by atoms with E-state index in [4.69, 9.17) is 5.73 Å². The van der Waals surface area contributed by atoms with E-state index in [1.807, 2.05) is 49.4 Å². The van der Waals surface area contributed by atoms with Crippen molar-refractivity contribution in [2.75, 3.05) is 20.1 Å². The van der Waals surface area contributed by atoms with Gasteiger partial charge in [0.2, 0.25) is 11.8 Å². The SMILES string of the molecule is C[C@@H](NC(=O)CN(C)CC(N)=O)c1cccc2ccccc12. The molecule has 5 heteroatoms. The molecular weight excluding hydrogens is 278 g/mol. The van der Waals surface area contributed by atoms with Crippen molar-refractivity contribution in [2.24, 2.45) is 5.73 Å². The maximum Gasteiger partial charge on any atom is 0.234 e. The lowest BCUT2D eigenvalue weighted by Crippen LogP contribution is -2.40. The summed E-state index contributed by atoms with van der Waals surface area (Å²) in [6.07, 6.45) is 0. The van der Waals surface area contributed by atoms with E-state index < -0.39 is 5.91 Å². The number of carbonyl (C=O) groups excluding carboxylic acids is 2. The molecule has 2 aromatic carbocycles. The number of amides is 2. The van der Waals surface area contributed by atoms with Crippen LogP contribution >= 0.6 is 0 Å². The van der Waals surface area contributed by atoms with Gasteiger partial charge in [-0.05, 0) is 30.3 Å². The van der Waals surface area contributed by atoms with Gasteiger partial charge in [0.15, 0.2) is 0 Å². The van der Waals surface area contributed by atoms with Crippen LogP contribution in [-0.2, 0) is 9.59 Å². The number of hydrogen-bond donors (Lipinski definition) is 2. The van der Waals surface area contributed by atoms with Gasteiger partial charge in [-0.3, -0.25) is 14.5 Å². The van der Waals surface area contributed by atoms with E-state index in [1.165, 1.54) is 0 Å². The largest absolute Gasteiger partial charge is 0.369 e. The fourth-order valence-electron chi connectivity index (χ4n) is 2.56. The second-order valence-electron chi connectivity index (χ2n) is 5.50. The molecule has 2 rings (SSSR count). The quantitative estimate of drug-likeness (QED) is 0.847. The van der Waals surface area contributed by atoms with Gasteiger partial charge in [-0.15, -0.1) is 0 Å². The summed E-state index contributed by atoms with van der Waals surface area (Å²) in [7, 11) is 1.69. The zero-order valence-corrected chi connectivity index (χ0v) is 12.9. The zero-order valence-electron chi connectivity index (χ0n) is 12.9. The van der Waals surface area contributed by atoms with E-state index in [2.05, 4.69) is 5.32 Å². The highest BCUT2D eigenvalue weighted by molar-refractivity contribution is 5.87. The monoisotopic (exact) mass is 299 g/mol. The molecule has 22 heavy (non-hydrogen) atoms. The number of likely N-dealkylation sites (N-methyl/N-ethyl adjacent to an activating group) is 1. The van der Waals surface area contributed by atoms with Crippen LogP contribution in [0.2, 0.25) is 0 Å². The normalized spacial score (nSPS) is 12.3. The topological polar surface area (TPSA) is 75.4 Å². The van der Waals surface area contributed by atoms with E-state index in [0.29, 0.717) is 0 Å². The molecule has 3 N–H and O–H groups in total. The molecule has 0 heterocycles. The molecule has 2 aromatic rings. The molecule has 0 saturated heterocycles. The summed E-state index contributed by atoms with van der Waals surface area (Å²) in [5.74, 6) is -0.582. The maximum atomic E-state index is 12.0. The number of benzene rings is 2. The number of hydrogen-bond acceptors (Lipinski definition) is 3. The number of primary amides is 1. The molecule has 0 aliphatic heterocycles. The summed E-state index contributed by atoms with van der Waals surface area (Å²) in [6, 6.07) is 14.0. The van der Waals surface area contributed by atoms with Crippen LogP contribution in [-0.4, -0.2) is 36.9 Å². The first kappa shape index (κ1) is 16.0. The number of nitrogens with one attached hydrogen (secondary N) is 1. The molecule has 5 nitrogen and oxygen atoms in total. The third-order valence-electron chi connectivity index (χ3n) is 3.51. The highest BCUT2D eigenvalue weighted by atomic mass is 16.2. The van der Waals surface area contributed by atoms with E-state index in [0.717, 1.165) is 16.3 Å². The van der Waals surface area contributed by atoms with Crippen LogP contribution in [0.3, 0.4) is 0 Å². The van der Waals surface area contributed by atoms with Crippen molar-refractivity contribution in [3.8, 4) is 0 Å². The Kier molecular flexibility index (Phi) is 5.12. The zero-order chi connectivity index (χ0) is 16.1. The van der Waals surface area contributed by atoms with Gasteiger partial charge in [-0.1, -0.05) is 42.5 Å². The van der Waals surface area contributed by atoms with Crippen molar-refractivity contribution < 1.29 is 9.59 Å². The summed E-state index contributed by atoms with van der Waals surface area (Å²) < 4.78 is 0. The van der Waals surface area contributed by atoms with E-state index >= 15 is 0 Å². The minimum absolute atomic E-state index is 0.0655. The lowest BCUT2D eigenvalue weighted by atomic mass is 10.00. The lowest BCUT2D eigenvalue weighted by Gasteiger charge is -2.19. The molecule has 0 aromatic heterocycles. The summed E-state index contributed by atoms with van der Waals surface area (Å²) in [5.41, 5.74) is 6.18. The smallest absolute Gasteiger partial charge is 0.234 e. The van der Waals surface area contributed by atoms with Crippen LogP contribution in [0.4, 0.5) is 0 Å². The molecule has 2 amide bonds. The molecule has 0 spiro atoms. The van der Waals surface area contributed by atoms with Crippen molar-refractivity contribution >= 4 is 22.6 Å². The highest BCUT2D eigenvalue weighted by Crippen LogP contribution is 2.23. The Hall–Kier alpha value is -2.40. The van der Waals surface area contributed by atoms with E-state index in [-0.39, 0.29) is 25.0 Å². The molecule has 0 aliphatic carbocycles. The molecule has 116 valence electrons. The maximum absolute atomic E-state index is 12.0. The van der Waals surface area contributed by atoms with Crippen LogP contribution in [0, 0.1) is 0 Å². The molecular formula is C17H21N3O2. The van der Waals surface area contributed by atoms with Crippen molar-refractivity contribution in [1.82, 2.24) is 10.2 Å². The summed E-state index contributed by atoms with van der Waals surface area (Å²) >= 11 is 0. The minimum Gasteiger partial charge on any atom is -0.369 e. The average molecular weight is 299 g/mol. The molecule has 0 fully saturated rings. The fourth-order valence-corrected chi connectivity index (χ4v) is 2.56. The summed E-state index contributed by atoms with van der Waals surface area (Å²) in [5, 5.41) is 5.23. The Bertz CT molecular complexity index is 679. The van der Waals surface area contributed by atoms with E-state index in [1.54, 1.807) is 11.9 Å². The molecule has 1 atom stereocenters. The Labute approximate surface area is 130 Å².